The van der Waals surface area contributed by atoms with Gasteiger partial charge in [-0.2, -0.15) is 0 Å². The van der Waals surface area contributed by atoms with Gasteiger partial charge in [-0.3, -0.25) is 14.4 Å². The molecular formula is C24H24ClN3O4S. The number of nitrogens with zero attached hydrogens (tertiary/aromatic N) is 1. The highest BCUT2D eigenvalue weighted by Crippen LogP contribution is 2.20. The Morgan fingerprint density at radius 2 is 1.48 bits per heavy atom. The Morgan fingerprint density at radius 1 is 0.879 bits per heavy atom. The molecule has 0 saturated carbocycles. The summed E-state index contributed by atoms with van der Waals surface area (Å²) in [6, 6.07) is 19.9. The van der Waals surface area contributed by atoms with E-state index in [1.807, 2.05) is 12.1 Å². The minimum atomic E-state index is -3.76. The number of carbonyl (C=O) groups is 1. The minimum absolute atomic E-state index is 0.0860. The topological polar surface area (TPSA) is 87.7 Å². The van der Waals surface area contributed by atoms with E-state index in [9.17, 15) is 13.2 Å². The van der Waals surface area contributed by atoms with Crippen LogP contribution >= 0.6 is 11.6 Å². The number of halogens is 1. The second-order valence-corrected chi connectivity index (χ2v) is 9.80. The smallest absolute Gasteiger partial charge is 0.261 e. The zero-order chi connectivity index (χ0) is 23.3. The van der Waals surface area contributed by atoms with Crippen molar-refractivity contribution in [2.45, 2.75) is 11.4 Å². The molecule has 0 spiro atoms. The normalized spacial score (nSPS) is 14.6. The van der Waals surface area contributed by atoms with E-state index < -0.39 is 10.0 Å². The highest BCUT2D eigenvalue weighted by Gasteiger charge is 2.15. The summed E-state index contributed by atoms with van der Waals surface area (Å²) >= 11 is 5.83. The predicted molar refractivity (Wildman–Crippen MR) is 129 cm³/mol. The number of anilines is 2. The third-order valence-electron chi connectivity index (χ3n) is 5.24. The quantitative estimate of drug-likeness (QED) is 0.523. The SMILES string of the molecule is O=C(Nc1ccc(S(=O)(=O)Nc2ccc(Cl)cc2)cc1)c1ccc(CN2CCOCC2)cc1. The van der Waals surface area contributed by atoms with Gasteiger partial charge in [-0.25, -0.2) is 8.42 Å². The van der Waals surface area contributed by atoms with Gasteiger partial charge in [0.25, 0.3) is 15.9 Å². The number of carbonyl (C=O) groups excluding carboxylic acids is 1. The second-order valence-electron chi connectivity index (χ2n) is 7.68. The lowest BCUT2D eigenvalue weighted by molar-refractivity contribution is 0.0342. The molecule has 4 rings (SSSR count). The first-order valence-corrected chi connectivity index (χ1v) is 12.3. The molecule has 3 aromatic rings. The summed E-state index contributed by atoms with van der Waals surface area (Å²) in [5.74, 6) is -0.261. The zero-order valence-electron chi connectivity index (χ0n) is 17.8. The van der Waals surface area contributed by atoms with Crippen LogP contribution in [0.25, 0.3) is 0 Å². The Bertz CT molecular complexity index is 1190. The molecule has 0 radical (unpaired) electrons. The molecule has 9 heteroatoms. The van der Waals surface area contributed by atoms with Gasteiger partial charge >= 0.3 is 0 Å². The molecule has 0 aromatic heterocycles. The molecule has 0 bridgehead atoms. The fourth-order valence-electron chi connectivity index (χ4n) is 3.43. The predicted octanol–water partition coefficient (Wildman–Crippen LogP) is 4.23. The average Bonchev–Trinajstić information content (AvgIpc) is 2.82. The highest BCUT2D eigenvalue weighted by molar-refractivity contribution is 7.92. The molecule has 1 amide bonds. The van der Waals surface area contributed by atoms with E-state index in [1.54, 1.807) is 48.5 Å². The van der Waals surface area contributed by atoms with Gasteiger partial charge in [-0.1, -0.05) is 23.7 Å². The fourth-order valence-corrected chi connectivity index (χ4v) is 4.62. The number of hydrogen-bond acceptors (Lipinski definition) is 5. The maximum absolute atomic E-state index is 12.6. The van der Waals surface area contributed by atoms with Gasteiger partial charge in [0.1, 0.15) is 0 Å². The molecule has 33 heavy (non-hydrogen) atoms. The van der Waals surface area contributed by atoms with Gasteiger partial charge in [0.2, 0.25) is 0 Å². The lowest BCUT2D eigenvalue weighted by atomic mass is 10.1. The molecule has 0 aliphatic carbocycles. The molecule has 1 saturated heterocycles. The van der Waals surface area contributed by atoms with Crippen molar-refractivity contribution < 1.29 is 17.9 Å². The van der Waals surface area contributed by atoms with E-state index in [4.69, 9.17) is 16.3 Å². The number of rotatable bonds is 7. The van der Waals surface area contributed by atoms with Gasteiger partial charge in [-0.15, -0.1) is 0 Å². The Kier molecular flexibility index (Phi) is 7.29. The first-order chi connectivity index (χ1) is 15.9. The van der Waals surface area contributed by atoms with Crippen molar-refractivity contribution in [1.29, 1.82) is 0 Å². The molecule has 7 nitrogen and oxygen atoms in total. The fraction of sp³-hybridized carbons (Fsp3) is 0.208. The molecule has 1 heterocycles. The molecule has 1 aliphatic rings. The Labute approximate surface area is 198 Å². The molecule has 0 atom stereocenters. The molecule has 0 unspecified atom stereocenters. The third-order valence-corrected chi connectivity index (χ3v) is 6.89. The number of amides is 1. The standard InChI is InChI=1S/C24H24ClN3O4S/c25-20-5-7-22(8-6-20)27-33(30,31)23-11-9-21(10-12-23)26-24(29)19-3-1-18(2-4-19)17-28-13-15-32-16-14-28/h1-12,27H,13-17H2,(H,26,29). The second kappa shape index (κ2) is 10.4. The van der Waals surface area contributed by atoms with Gasteiger partial charge in [0.15, 0.2) is 0 Å². The summed E-state index contributed by atoms with van der Waals surface area (Å²) < 4.78 is 33.0. The maximum atomic E-state index is 12.6. The Morgan fingerprint density at radius 3 is 2.12 bits per heavy atom. The minimum Gasteiger partial charge on any atom is -0.379 e. The summed E-state index contributed by atoms with van der Waals surface area (Å²) in [5, 5.41) is 3.32. The van der Waals surface area contributed by atoms with Crippen LogP contribution in [-0.2, 0) is 21.3 Å². The van der Waals surface area contributed by atoms with Crippen LogP contribution in [0.3, 0.4) is 0 Å². The van der Waals surface area contributed by atoms with Gasteiger partial charge in [0.05, 0.1) is 18.1 Å². The summed E-state index contributed by atoms with van der Waals surface area (Å²) in [5.41, 5.74) is 2.58. The molecule has 2 N–H and O–H groups in total. The lowest BCUT2D eigenvalue weighted by Crippen LogP contribution is -2.35. The van der Waals surface area contributed by atoms with E-state index in [1.165, 1.54) is 12.1 Å². The molecular weight excluding hydrogens is 462 g/mol. The van der Waals surface area contributed by atoms with Crippen LogP contribution in [-0.4, -0.2) is 45.5 Å². The van der Waals surface area contributed by atoms with Crippen LogP contribution < -0.4 is 10.0 Å². The van der Waals surface area contributed by atoms with E-state index in [-0.39, 0.29) is 10.8 Å². The van der Waals surface area contributed by atoms with Crippen molar-refractivity contribution in [2.75, 3.05) is 36.3 Å². The van der Waals surface area contributed by atoms with Crippen LogP contribution in [0.2, 0.25) is 5.02 Å². The van der Waals surface area contributed by atoms with Crippen molar-refractivity contribution >= 4 is 38.9 Å². The first-order valence-electron chi connectivity index (χ1n) is 10.5. The number of benzene rings is 3. The van der Waals surface area contributed by atoms with Crippen molar-refractivity contribution in [3.05, 3.63) is 88.9 Å². The Balaban J connectivity index is 1.36. The molecule has 172 valence electrons. The molecule has 1 fully saturated rings. The molecule has 3 aromatic carbocycles. The summed E-state index contributed by atoms with van der Waals surface area (Å²) in [6.45, 7) is 4.13. The first kappa shape index (κ1) is 23.3. The zero-order valence-corrected chi connectivity index (χ0v) is 19.4. The van der Waals surface area contributed by atoms with Crippen molar-refractivity contribution in [3.8, 4) is 0 Å². The van der Waals surface area contributed by atoms with Gasteiger partial charge in [-0.05, 0) is 66.2 Å². The van der Waals surface area contributed by atoms with E-state index >= 15 is 0 Å². The summed E-state index contributed by atoms with van der Waals surface area (Å²) in [4.78, 5) is 15.0. The van der Waals surface area contributed by atoms with Crippen LogP contribution in [0, 0.1) is 0 Å². The van der Waals surface area contributed by atoms with Gasteiger partial charge in [0, 0.05) is 41.6 Å². The molecule has 1 aliphatic heterocycles. The number of hydrogen-bond donors (Lipinski definition) is 2. The number of morpholine rings is 1. The number of ether oxygens (including phenoxy) is 1. The maximum Gasteiger partial charge on any atom is 0.261 e. The third kappa shape index (κ3) is 6.33. The number of nitrogens with one attached hydrogen (secondary N) is 2. The monoisotopic (exact) mass is 485 g/mol. The summed E-state index contributed by atoms with van der Waals surface area (Å²) in [6.07, 6.45) is 0. The van der Waals surface area contributed by atoms with Crippen LogP contribution in [0.1, 0.15) is 15.9 Å². The average molecular weight is 486 g/mol. The highest BCUT2D eigenvalue weighted by atomic mass is 35.5. The number of sulfonamides is 1. The lowest BCUT2D eigenvalue weighted by Gasteiger charge is -2.26. The van der Waals surface area contributed by atoms with Crippen LogP contribution in [0.15, 0.2) is 77.7 Å². The largest absolute Gasteiger partial charge is 0.379 e. The van der Waals surface area contributed by atoms with Gasteiger partial charge < -0.3 is 10.1 Å². The van der Waals surface area contributed by atoms with Crippen molar-refractivity contribution in [2.24, 2.45) is 0 Å². The van der Waals surface area contributed by atoms with Crippen LogP contribution in [0.4, 0.5) is 11.4 Å². The van der Waals surface area contributed by atoms with E-state index in [0.29, 0.717) is 22.0 Å². The van der Waals surface area contributed by atoms with Crippen molar-refractivity contribution in [1.82, 2.24) is 4.90 Å². The summed E-state index contributed by atoms with van der Waals surface area (Å²) in [7, 11) is -3.76. The Hall–Kier alpha value is -2.91. The van der Waals surface area contributed by atoms with E-state index in [0.717, 1.165) is 38.4 Å². The van der Waals surface area contributed by atoms with Crippen molar-refractivity contribution in [3.63, 3.8) is 0 Å². The van der Waals surface area contributed by atoms with E-state index in [2.05, 4.69) is 14.9 Å². The van der Waals surface area contributed by atoms with Crippen LogP contribution in [0.5, 0.6) is 0 Å².